The van der Waals surface area contributed by atoms with E-state index in [9.17, 15) is 18.0 Å². The number of anilines is 1. The Morgan fingerprint density at radius 1 is 0.974 bits per heavy atom. The number of carbonyl (C=O) groups excluding carboxylic acids is 2. The van der Waals surface area contributed by atoms with E-state index in [1.165, 1.54) is 9.87 Å². The van der Waals surface area contributed by atoms with Gasteiger partial charge in [0.1, 0.15) is 0 Å². The van der Waals surface area contributed by atoms with E-state index in [1.807, 2.05) is 74.2 Å². The molecule has 2 aromatic carbocycles. The van der Waals surface area contributed by atoms with Crippen LogP contribution in [0.4, 0.5) is 10.5 Å². The summed E-state index contributed by atoms with van der Waals surface area (Å²) in [5.41, 5.74) is 4.11. The van der Waals surface area contributed by atoms with Crippen molar-refractivity contribution >= 4 is 27.6 Å². The van der Waals surface area contributed by atoms with Crippen LogP contribution in [0.1, 0.15) is 57.2 Å². The zero-order valence-electron chi connectivity index (χ0n) is 24.0. The fourth-order valence-electron chi connectivity index (χ4n) is 4.83. The van der Waals surface area contributed by atoms with Gasteiger partial charge in [-0.3, -0.25) is 4.79 Å². The fraction of sp³-hybridized carbons (Fsp3) is 0.533. The number of carbonyl (C=O) groups is 2. The van der Waals surface area contributed by atoms with Gasteiger partial charge in [-0.15, -0.1) is 0 Å². The standard InChI is InChI=1S/C30H44N4O4S/c1-6-25-12-14-27(15-13-25)31-30(36)32-18-16-28(17-19-32)34(21-26-10-8-24(5)9-11-26)29(35)22-33(20-23(3)4)39(37,38)7-2/h8-15,23,28H,6-7,16-22H2,1-5H3,(H,31,36). The van der Waals surface area contributed by atoms with Crippen LogP contribution in [0, 0.1) is 12.8 Å². The topological polar surface area (TPSA) is 90.0 Å². The van der Waals surface area contributed by atoms with Gasteiger partial charge in [-0.25, -0.2) is 13.2 Å². The number of amides is 3. The van der Waals surface area contributed by atoms with Gasteiger partial charge in [0, 0.05) is 37.9 Å². The minimum absolute atomic E-state index is 0.0420. The average Bonchev–Trinajstić information content (AvgIpc) is 2.92. The largest absolute Gasteiger partial charge is 0.334 e. The molecular formula is C30H44N4O4S. The van der Waals surface area contributed by atoms with E-state index < -0.39 is 10.0 Å². The number of hydrogen-bond acceptors (Lipinski definition) is 4. The molecule has 0 aromatic heterocycles. The van der Waals surface area contributed by atoms with E-state index in [1.54, 1.807) is 11.8 Å². The summed E-state index contributed by atoms with van der Waals surface area (Å²) in [7, 11) is -3.52. The number of urea groups is 1. The quantitative estimate of drug-likeness (QED) is 0.427. The van der Waals surface area contributed by atoms with Gasteiger partial charge in [-0.1, -0.05) is 62.7 Å². The molecule has 0 radical (unpaired) electrons. The van der Waals surface area contributed by atoms with Gasteiger partial charge in [0.25, 0.3) is 0 Å². The number of likely N-dealkylation sites (tertiary alicyclic amines) is 1. The number of nitrogens with one attached hydrogen (secondary N) is 1. The highest BCUT2D eigenvalue weighted by atomic mass is 32.2. The lowest BCUT2D eigenvalue weighted by Gasteiger charge is -2.39. The second kappa shape index (κ2) is 13.9. The number of benzene rings is 2. The van der Waals surface area contributed by atoms with Crippen LogP contribution >= 0.6 is 0 Å². The molecule has 1 aliphatic rings. The molecule has 3 amide bonds. The smallest absolute Gasteiger partial charge is 0.321 e. The van der Waals surface area contributed by atoms with Crippen molar-refractivity contribution in [3.05, 3.63) is 65.2 Å². The van der Waals surface area contributed by atoms with E-state index in [0.29, 0.717) is 39.0 Å². The van der Waals surface area contributed by atoms with Crippen LogP contribution in [0.15, 0.2) is 48.5 Å². The Morgan fingerprint density at radius 3 is 2.10 bits per heavy atom. The van der Waals surface area contributed by atoms with Crippen molar-refractivity contribution < 1.29 is 18.0 Å². The third-order valence-corrected chi connectivity index (χ3v) is 9.03. The predicted octanol–water partition coefficient (Wildman–Crippen LogP) is 4.89. The van der Waals surface area contributed by atoms with Crippen molar-refractivity contribution in [3.63, 3.8) is 0 Å². The first-order valence-electron chi connectivity index (χ1n) is 14.0. The highest BCUT2D eigenvalue weighted by molar-refractivity contribution is 7.89. The monoisotopic (exact) mass is 556 g/mol. The summed E-state index contributed by atoms with van der Waals surface area (Å²) >= 11 is 0. The summed E-state index contributed by atoms with van der Waals surface area (Å²) in [6.07, 6.45) is 2.20. The number of hydrogen-bond donors (Lipinski definition) is 1. The van der Waals surface area contributed by atoms with E-state index in [0.717, 1.165) is 23.2 Å². The maximum Gasteiger partial charge on any atom is 0.321 e. The summed E-state index contributed by atoms with van der Waals surface area (Å²) in [5, 5.41) is 2.98. The molecule has 39 heavy (non-hydrogen) atoms. The van der Waals surface area contributed by atoms with Crippen LogP contribution in [-0.2, 0) is 27.8 Å². The molecule has 0 atom stereocenters. The van der Waals surface area contributed by atoms with Gasteiger partial charge in [0.15, 0.2) is 0 Å². The molecule has 0 spiro atoms. The number of sulfonamides is 1. The molecule has 0 unspecified atom stereocenters. The number of nitrogens with zero attached hydrogens (tertiary/aromatic N) is 3. The van der Waals surface area contributed by atoms with Crippen molar-refractivity contribution in [1.29, 1.82) is 0 Å². The van der Waals surface area contributed by atoms with Gasteiger partial charge in [0.05, 0.1) is 12.3 Å². The Labute approximate surface area is 234 Å². The molecular weight excluding hydrogens is 512 g/mol. The lowest BCUT2D eigenvalue weighted by atomic mass is 10.0. The minimum Gasteiger partial charge on any atom is -0.334 e. The van der Waals surface area contributed by atoms with Crippen LogP contribution in [0.3, 0.4) is 0 Å². The van der Waals surface area contributed by atoms with Crippen molar-refractivity contribution in [1.82, 2.24) is 14.1 Å². The molecule has 9 heteroatoms. The van der Waals surface area contributed by atoms with Gasteiger partial charge >= 0.3 is 6.03 Å². The van der Waals surface area contributed by atoms with E-state index in [-0.39, 0.29) is 36.2 Å². The minimum atomic E-state index is -3.52. The van der Waals surface area contributed by atoms with Crippen molar-refractivity contribution in [2.24, 2.45) is 5.92 Å². The number of rotatable bonds is 11. The molecule has 0 aliphatic carbocycles. The van der Waals surface area contributed by atoms with Crippen molar-refractivity contribution in [3.8, 4) is 0 Å². The molecule has 214 valence electrons. The first-order valence-corrected chi connectivity index (χ1v) is 15.6. The maximum absolute atomic E-state index is 13.7. The molecule has 1 saturated heterocycles. The van der Waals surface area contributed by atoms with Crippen molar-refractivity contribution in [2.75, 3.05) is 37.2 Å². The number of aryl methyl sites for hydroxylation is 2. The lowest BCUT2D eigenvalue weighted by Crippen LogP contribution is -2.52. The zero-order valence-corrected chi connectivity index (χ0v) is 24.8. The lowest BCUT2D eigenvalue weighted by molar-refractivity contribution is -0.135. The van der Waals surface area contributed by atoms with Gasteiger partial charge in [-0.2, -0.15) is 4.31 Å². The van der Waals surface area contributed by atoms with Gasteiger partial charge in [0.2, 0.25) is 15.9 Å². The fourth-order valence-corrected chi connectivity index (χ4v) is 6.02. The average molecular weight is 557 g/mol. The van der Waals surface area contributed by atoms with E-state index in [4.69, 9.17) is 0 Å². The van der Waals surface area contributed by atoms with E-state index >= 15 is 0 Å². The first-order chi connectivity index (χ1) is 18.5. The normalized spacial score (nSPS) is 14.6. The second-order valence-corrected chi connectivity index (χ2v) is 13.1. The molecule has 2 aromatic rings. The highest BCUT2D eigenvalue weighted by Gasteiger charge is 2.32. The molecule has 8 nitrogen and oxygen atoms in total. The molecule has 1 heterocycles. The Hall–Kier alpha value is -2.91. The summed E-state index contributed by atoms with van der Waals surface area (Å²) < 4.78 is 26.9. The molecule has 0 saturated carbocycles. The second-order valence-electron chi connectivity index (χ2n) is 10.8. The predicted molar refractivity (Wildman–Crippen MR) is 157 cm³/mol. The third kappa shape index (κ3) is 8.80. The van der Waals surface area contributed by atoms with Crippen LogP contribution in [0.5, 0.6) is 0 Å². The maximum atomic E-state index is 13.7. The van der Waals surface area contributed by atoms with Gasteiger partial charge in [-0.05, 0) is 62.3 Å². The molecule has 1 fully saturated rings. The Kier molecular flexibility index (Phi) is 10.9. The summed E-state index contributed by atoms with van der Waals surface area (Å²) in [5.74, 6) is -0.142. The molecule has 1 N–H and O–H groups in total. The van der Waals surface area contributed by atoms with Crippen LogP contribution in [0.2, 0.25) is 0 Å². The Morgan fingerprint density at radius 2 is 1.56 bits per heavy atom. The number of piperidine rings is 1. The zero-order chi connectivity index (χ0) is 28.6. The van der Waals surface area contributed by atoms with Crippen molar-refractivity contribution in [2.45, 2.75) is 66.5 Å². The Bertz CT molecular complexity index is 1190. The molecule has 1 aliphatic heterocycles. The van der Waals surface area contributed by atoms with Gasteiger partial charge < -0.3 is 15.1 Å². The van der Waals surface area contributed by atoms with Crippen LogP contribution < -0.4 is 5.32 Å². The third-order valence-electron chi connectivity index (χ3n) is 7.24. The molecule has 0 bridgehead atoms. The van der Waals surface area contributed by atoms with Crippen LogP contribution in [-0.4, -0.2) is 72.4 Å². The summed E-state index contributed by atoms with van der Waals surface area (Å²) in [6.45, 7) is 11.2. The SMILES string of the molecule is CCc1ccc(NC(=O)N2CCC(N(Cc3ccc(C)cc3)C(=O)CN(CC(C)C)S(=O)(=O)CC)CC2)cc1. The van der Waals surface area contributed by atoms with E-state index in [2.05, 4.69) is 12.2 Å². The summed E-state index contributed by atoms with van der Waals surface area (Å²) in [6, 6.07) is 15.7. The summed E-state index contributed by atoms with van der Waals surface area (Å²) in [4.78, 5) is 30.2. The first kappa shape index (κ1) is 30.6. The van der Waals surface area contributed by atoms with Crippen LogP contribution in [0.25, 0.3) is 0 Å². The Balaban J connectivity index is 1.72. The highest BCUT2D eigenvalue weighted by Crippen LogP contribution is 2.22. The molecule has 3 rings (SSSR count).